The molecule has 3 nitrogen and oxygen atoms in total. The van der Waals surface area contributed by atoms with Crippen LogP contribution < -0.4 is 4.74 Å². The third kappa shape index (κ3) is 2.13. The van der Waals surface area contributed by atoms with Crippen LogP contribution in [0.25, 0.3) is 10.2 Å². The van der Waals surface area contributed by atoms with Crippen molar-refractivity contribution in [2.45, 2.75) is 18.3 Å². The second-order valence-electron chi connectivity index (χ2n) is 5.51. The van der Waals surface area contributed by atoms with E-state index >= 15 is 0 Å². The Bertz CT molecular complexity index is 861. The Morgan fingerprint density at radius 2 is 2.14 bits per heavy atom. The van der Waals surface area contributed by atoms with Gasteiger partial charge in [-0.05, 0) is 30.5 Å². The molecule has 1 N–H and O–H groups in total. The van der Waals surface area contributed by atoms with Crippen LogP contribution in [0.4, 0.5) is 4.39 Å². The van der Waals surface area contributed by atoms with Crippen LogP contribution in [0, 0.1) is 5.82 Å². The van der Waals surface area contributed by atoms with Gasteiger partial charge in [0.25, 0.3) is 0 Å². The van der Waals surface area contributed by atoms with Crippen LogP contribution >= 0.6 is 11.3 Å². The van der Waals surface area contributed by atoms with Crippen molar-refractivity contribution >= 4 is 21.6 Å². The third-order valence-corrected chi connectivity index (χ3v) is 5.27. The molecule has 2 atom stereocenters. The van der Waals surface area contributed by atoms with Crippen molar-refractivity contribution in [3.8, 4) is 11.5 Å². The standard InChI is InChI=1S/C17H14FNO2S/c1-21-16-10(3-2-4-14(16)20)11-8-12(11)17-19-13-7-9(18)5-6-15(13)22-17/h2-7,11-12,20H,8H2,1H3. The van der Waals surface area contributed by atoms with Crippen LogP contribution in [0.5, 0.6) is 11.5 Å². The predicted octanol–water partition coefficient (Wildman–Crippen LogP) is 4.42. The van der Waals surface area contributed by atoms with Crippen LogP contribution in [-0.2, 0) is 0 Å². The molecule has 1 aliphatic carbocycles. The lowest BCUT2D eigenvalue weighted by Crippen LogP contribution is -1.91. The summed E-state index contributed by atoms with van der Waals surface area (Å²) in [6.45, 7) is 0. The van der Waals surface area contributed by atoms with Gasteiger partial charge in [-0.2, -0.15) is 0 Å². The minimum Gasteiger partial charge on any atom is -0.504 e. The van der Waals surface area contributed by atoms with Crippen molar-refractivity contribution in [2.24, 2.45) is 0 Å². The smallest absolute Gasteiger partial charge is 0.163 e. The first kappa shape index (κ1) is 13.5. The number of para-hydroxylation sites is 1. The summed E-state index contributed by atoms with van der Waals surface area (Å²) in [5, 5.41) is 10.9. The van der Waals surface area contributed by atoms with Crippen LogP contribution in [0.15, 0.2) is 36.4 Å². The molecule has 4 rings (SSSR count). The molecule has 1 heterocycles. The van der Waals surface area contributed by atoms with Gasteiger partial charge < -0.3 is 9.84 Å². The summed E-state index contributed by atoms with van der Waals surface area (Å²) in [5.74, 6) is 1.06. The van der Waals surface area contributed by atoms with Crippen molar-refractivity contribution in [3.05, 3.63) is 52.8 Å². The van der Waals surface area contributed by atoms with Crippen molar-refractivity contribution < 1.29 is 14.2 Å². The molecule has 0 aliphatic heterocycles. The number of fused-ring (bicyclic) bond motifs is 1. The largest absolute Gasteiger partial charge is 0.504 e. The first-order chi connectivity index (χ1) is 10.7. The molecule has 0 amide bonds. The van der Waals surface area contributed by atoms with Crippen molar-refractivity contribution in [1.82, 2.24) is 4.98 Å². The topological polar surface area (TPSA) is 42.4 Å². The maximum Gasteiger partial charge on any atom is 0.163 e. The molecule has 0 bridgehead atoms. The number of rotatable bonds is 3. The molecule has 1 aliphatic rings. The number of hydrogen-bond acceptors (Lipinski definition) is 4. The van der Waals surface area contributed by atoms with E-state index in [4.69, 9.17) is 4.74 Å². The van der Waals surface area contributed by atoms with Crippen LogP contribution in [0.1, 0.15) is 28.8 Å². The molecule has 0 spiro atoms. The Balaban J connectivity index is 1.67. The van der Waals surface area contributed by atoms with E-state index in [0.717, 1.165) is 21.7 Å². The van der Waals surface area contributed by atoms with Gasteiger partial charge in [0.1, 0.15) is 5.82 Å². The third-order valence-electron chi connectivity index (χ3n) is 4.10. The lowest BCUT2D eigenvalue weighted by molar-refractivity contribution is 0.369. The van der Waals surface area contributed by atoms with Crippen molar-refractivity contribution in [2.75, 3.05) is 7.11 Å². The molecule has 2 unspecified atom stereocenters. The van der Waals surface area contributed by atoms with Gasteiger partial charge in [0.2, 0.25) is 0 Å². The fourth-order valence-electron chi connectivity index (χ4n) is 2.95. The zero-order valence-corrected chi connectivity index (χ0v) is 12.7. The van der Waals surface area contributed by atoms with Crippen LogP contribution in [0.3, 0.4) is 0 Å². The van der Waals surface area contributed by atoms with E-state index in [1.54, 1.807) is 30.6 Å². The SMILES string of the molecule is COc1c(O)cccc1C1CC1c1nc2cc(F)ccc2s1. The highest BCUT2D eigenvalue weighted by Gasteiger charge is 2.43. The molecule has 2 aromatic carbocycles. The number of benzene rings is 2. The summed E-state index contributed by atoms with van der Waals surface area (Å²) < 4.78 is 19.6. The lowest BCUT2D eigenvalue weighted by atomic mass is 10.1. The highest BCUT2D eigenvalue weighted by atomic mass is 32.1. The summed E-state index contributed by atoms with van der Waals surface area (Å²) in [6.07, 6.45) is 0.974. The van der Waals surface area contributed by atoms with Gasteiger partial charge in [-0.25, -0.2) is 9.37 Å². The second-order valence-corrected chi connectivity index (χ2v) is 6.57. The Morgan fingerprint density at radius 1 is 1.27 bits per heavy atom. The molecule has 22 heavy (non-hydrogen) atoms. The van der Waals surface area contributed by atoms with Gasteiger partial charge in [0.05, 0.1) is 22.3 Å². The highest BCUT2D eigenvalue weighted by Crippen LogP contribution is 2.58. The van der Waals surface area contributed by atoms with E-state index < -0.39 is 0 Å². The van der Waals surface area contributed by atoms with E-state index in [2.05, 4.69) is 4.98 Å². The van der Waals surface area contributed by atoms with E-state index in [0.29, 0.717) is 23.1 Å². The number of halogens is 1. The first-order valence-corrected chi connectivity index (χ1v) is 7.91. The maximum absolute atomic E-state index is 13.3. The number of aromatic hydroxyl groups is 1. The Morgan fingerprint density at radius 3 is 2.95 bits per heavy atom. The van der Waals surface area contributed by atoms with E-state index in [9.17, 15) is 9.50 Å². The molecule has 112 valence electrons. The molecular weight excluding hydrogens is 301 g/mol. The predicted molar refractivity (Wildman–Crippen MR) is 84.3 cm³/mol. The number of hydrogen-bond donors (Lipinski definition) is 1. The minimum absolute atomic E-state index is 0.164. The Labute approximate surface area is 131 Å². The fraction of sp³-hybridized carbons (Fsp3) is 0.235. The van der Waals surface area contributed by atoms with Crippen LogP contribution in [0.2, 0.25) is 0 Å². The first-order valence-electron chi connectivity index (χ1n) is 7.09. The quantitative estimate of drug-likeness (QED) is 0.778. The van der Waals surface area contributed by atoms with Gasteiger partial charge in [0.15, 0.2) is 11.5 Å². The average molecular weight is 315 g/mol. The number of phenolic OH excluding ortho intramolecular Hbond substituents is 1. The number of phenols is 1. The normalized spacial score (nSPS) is 20.3. The van der Waals surface area contributed by atoms with E-state index in [-0.39, 0.29) is 11.6 Å². The molecule has 1 fully saturated rings. The zero-order valence-electron chi connectivity index (χ0n) is 11.9. The van der Waals surface area contributed by atoms with Gasteiger partial charge in [0, 0.05) is 17.5 Å². The number of nitrogens with zero attached hydrogens (tertiary/aromatic N) is 1. The number of thiazole rings is 1. The van der Waals surface area contributed by atoms with E-state index in [1.807, 2.05) is 12.1 Å². The zero-order chi connectivity index (χ0) is 15.3. The van der Waals surface area contributed by atoms with Gasteiger partial charge in [-0.3, -0.25) is 0 Å². The minimum atomic E-state index is -0.258. The van der Waals surface area contributed by atoms with Gasteiger partial charge >= 0.3 is 0 Å². The number of ether oxygens (including phenoxy) is 1. The van der Waals surface area contributed by atoms with Gasteiger partial charge in [-0.1, -0.05) is 12.1 Å². The summed E-state index contributed by atoms with van der Waals surface area (Å²) in [4.78, 5) is 4.56. The summed E-state index contributed by atoms with van der Waals surface area (Å²) in [7, 11) is 1.57. The maximum atomic E-state index is 13.3. The number of aromatic nitrogens is 1. The highest BCUT2D eigenvalue weighted by molar-refractivity contribution is 7.18. The van der Waals surface area contributed by atoms with Gasteiger partial charge in [-0.15, -0.1) is 11.3 Å². The lowest BCUT2D eigenvalue weighted by Gasteiger charge is -2.09. The van der Waals surface area contributed by atoms with E-state index in [1.165, 1.54) is 12.1 Å². The molecule has 5 heteroatoms. The molecule has 0 saturated heterocycles. The Hall–Kier alpha value is -2.14. The number of methoxy groups -OCH3 is 1. The molecule has 0 radical (unpaired) electrons. The van der Waals surface area contributed by atoms with Crippen molar-refractivity contribution in [3.63, 3.8) is 0 Å². The molecule has 1 saturated carbocycles. The molecule has 1 aromatic heterocycles. The Kier molecular flexibility index (Phi) is 3.04. The molecule has 3 aromatic rings. The fourth-order valence-corrected chi connectivity index (χ4v) is 4.07. The van der Waals surface area contributed by atoms with Crippen molar-refractivity contribution in [1.29, 1.82) is 0 Å². The summed E-state index contributed by atoms with van der Waals surface area (Å²) in [6, 6.07) is 10.2. The monoisotopic (exact) mass is 315 g/mol. The molecular formula is C17H14FNO2S. The summed E-state index contributed by atoms with van der Waals surface area (Å²) in [5.41, 5.74) is 1.73. The van der Waals surface area contributed by atoms with Crippen LogP contribution in [-0.4, -0.2) is 17.2 Å². The second kappa shape index (κ2) is 4.95. The average Bonchev–Trinajstić information content (AvgIpc) is 3.19. The summed E-state index contributed by atoms with van der Waals surface area (Å²) >= 11 is 1.61.